The van der Waals surface area contributed by atoms with Crippen LogP contribution in [0.25, 0.3) is 0 Å². The predicted octanol–water partition coefficient (Wildman–Crippen LogP) is 3.59. The average Bonchev–Trinajstić information content (AvgIpc) is 2.62. The fourth-order valence-corrected chi connectivity index (χ4v) is 3.57. The van der Waals surface area contributed by atoms with Crippen molar-refractivity contribution in [3.63, 3.8) is 0 Å². The van der Waals surface area contributed by atoms with Gasteiger partial charge in [0.2, 0.25) is 11.8 Å². The number of aryl methyl sites for hydroxylation is 1. The number of fused-ring (bicyclic) bond motifs is 1. The van der Waals surface area contributed by atoms with E-state index in [4.69, 9.17) is 0 Å². The van der Waals surface area contributed by atoms with Gasteiger partial charge in [0.25, 0.3) is 0 Å². The lowest BCUT2D eigenvalue weighted by molar-refractivity contribution is -0.124. The highest BCUT2D eigenvalue weighted by Crippen LogP contribution is 2.39. The van der Waals surface area contributed by atoms with Crippen LogP contribution in [0.15, 0.2) is 48.5 Å². The largest absolute Gasteiger partial charge is 0.355 e. The summed E-state index contributed by atoms with van der Waals surface area (Å²) in [6.07, 6.45) is 1.79. The first-order valence-corrected chi connectivity index (χ1v) is 9.28. The van der Waals surface area contributed by atoms with Crippen LogP contribution in [0.3, 0.4) is 0 Å². The number of nitrogens with zero attached hydrogens (tertiary/aromatic N) is 1. The molecule has 0 aromatic heterocycles. The van der Waals surface area contributed by atoms with Crippen molar-refractivity contribution >= 4 is 17.5 Å². The zero-order chi connectivity index (χ0) is 19.4. The van der Waals surface area contributed by atoms with Gasteiger partial charge in [-0.05, 0) is 42.2 Å². The highest BCUT2D eigenvalue weighted by atomic mass is 19.1. The van der Waals surface area contributed by atoms with Crippen LogP contribution in [-0.2, 0) is 21.4 Å². The van der Waals surface area contributed by atoms with Gasteiger partial charge in [-0.1, -0.05) is 44.2 Å². The van der Waals surface area contributed by atoms with Crippen LogP contribution in [0.2, 0.25) is 0 Å². The molecular weight excluding hydrogens is 343 g/mol. The Bertz CT molecular complexity index is 848. The van der Waals surface area contributed by atoms with Gasteiger partial charge in [-0.2, -0.15) is 0 Å². The lowest BCUT2D eigenvalue weighted by Gasteiger charge is -2.38. The van der Waals surface area contributed by atoms with Crippen molar-refractivity contribution in [3.8, 4) is 0 Å². The van der Waals surface area contributed by atoms with Gasteiger partial charge in [0, 0.05) is 24.1 Å². The first-order valence-electron chi connectivity index (χ1n) is 9.28. The molecule has 0 fully saturated rings. The average molecular weight is 368 g/mol. The number of halogens is 1. The van der Waals surface area contributed by atoms with E-state index in [2.05, 4.69) is 5.32 Å². The Hall–Kier alpha value is -2.69. The smallest absolute Gasteiger partial charge is 0.240 e. The van der Waals surface area contributed by atoms with Crippen LogP contribution in [-0.4, -0.2) is 24.9 Å². The molecular formula is C22H25FN2O2. The summed E-state index contributed by atoms with van der Waals surface area (Å²) < 4.78 is 13.2. The Morgan fingerprint density at radius 2 is 1.96 bits per heavy atom. The fourth-order valence-electron chi connectivity index (χ4n) is 3.57. The van der Waals surface area contributed by atoms with Crippen LogP contribution in [0, 0.1) is 5.82 Å². The maximum atomic E-state index is 13.2. The summed E-state index contributed by atoms with van der Waals surface area (Å²) in [6, 6.07) is 14.2. The molecule has 2 aromatic carbocycles. The SMILES string of the molecule is CC1(C)CC(=O)N(CC(=O)NCCCc2cccc(F)c2)c2ccccc21. The van der Waals surface area contributed by atoms with Crippen molar-refractivity contribution in [1.82, 2.24) is 5.32 Å². The van der Waals surface area contributed by atoms with Gasteiger partial charge in [0.1, 0.15) is 12.4 Å². The molecule has 0 bridgehead atoms. The van der Waals surface area contributed by atoms with E-state index >= 15 is 0 Å². The number of amides is 2. The van der Waals surface area contributed by atoms with Gasteiger partial charge in [0.05, 0.1) is 0 Å². The Balaban J connectivity index is 1.55. The molecule has 1 heterocycles. The highest BCUT2D eigenvalue weighted by Gasteiger charge is 2.36. The van der Waals surface area contributed by atoms with E-state index in [9.17, 15) is 14.0 Å². The Kier molecular flexibility index (Phi) is 5.59. The third kappa shape index (κ3) is 4.54. The number of carbonyl (C=O) groups excluding carboxylic acids is 2. The Morgan fingerprint density at radius 3 is 2.74 bits per heavy atom. The molecule has 2 amide bonds. The summed E-state index contributed by atoms with van der Waals surface area (Å²) in [5.74, 6) is -0.465. The van der Waals surface area contributed by atoms with Crippen LogP contribution in [0.4, 0.5) is 10.1 Å². The summed E-state index contributed by atoms with van der Waals surface area (Å²) in [6.45, 7) is 4.61. The number of rotatable bonds is 6. The molecule has 0 atom stereocenters. The summed E-state index contributed by atoms with van der Waals surface area (Å²) in [4.78, 5) is 26.5. The van der Waals surface area contributed by atoms with Crippen molar-refractivity contribution in [2.24, 2.45) is 0 Å². The molecule has 142 valence electrons. The minimum atomic E-state index is -0.248. The molecule has 5 heteroatoms. The van der Waals surface area contributed by atoms with E-state index in [0.29, 0.717) is 25.8 Å². The summed E-state index contributed by atoms with van der Waals surface area (Å²) in [7, 11) is 0. The van der Waals surface area contributed by atoms with E-state index in [0.717, 1.165) is 16.8 Å². The molecule has 0 saturated carbocycles. The van der Waals surface area contributed by atoms with Crippen molar-refractivity contribution in [1.29, 1.82) is 0 Å². The van der Waals surface area contributed by atoms with Crippen molar-refractivity contribution < 1.29 is 14.0 Å². The first kappa shape index (κ1) is 19.1. The van der Waals surface area contributed by atoms with Gasteiger partial charge in [-0.15, -0.1) is 0 Å². The van der Waals surface area contributed by atoms with E-state index in [-0.39, 0.29) is 29.6 Å². The van der Waals surface area contributed by atoms with Gasteiger partial charge in [0.15, 0.2) is 0 Å². The summed E-state index contributed by atoms with van der Waals surface area (Å²) in [5, 5.41) is 2.86. The number of anilines is 1. The number of para-hydroxylation sites is 1. The monoisotopic (exact) mass is 368 g/mol. The van der Waals surface area contributed by atoms with E-state index in [1.165, 1.54) is 12.1 Å². The zero-order valence-corrected chi connectivity index (χ0v) is 15.8. The molecule has 2 aromatic rings. The van der Waals surface area contributed by atoms with Gasteiger partial charge >= 0.3 is 0 Å². The maximum Gasteiger partial charge on any atom is 0.240 e. The quantitative estimate of drug-likeness (QED) is 0.792. The minimum Gasteiger partial charge on any atom is -0.355 e. The Labute approximate surface area is 159 Å². The third-order valence-electron chi connectivity index (χ3n) is 4.97. The molecule has 0 aliphatic carbocycles. The van der Waals surface area contributed by atoms with Crippen molar-refractivity contribution in [3.05, 3.63) is 65.5 Å². The molecule has 4 nitrogen and oxygen atoms in total. The zero-order valence-electron chi connectivity index (χ0n) is 15.8. The van der Waals surface area contributed by atoms with Crippen LogP contribution < -0.4 is 10.2 Å². The van der Waals surface area contributed by atoms with Gasteiger partial charge in [-0.3, -0.25) is 9.59 Å². The first-order chi connectivity index (χ1) is 12.9. The summed E-state index contributed by atoms with van der Waals surface area (Å²) >= 11 is 0. The maximum absolute atomic E-state index is 13.2. The molecule has 3 rings (SSSR count). The van der Waals surface area contributed by atoms with Crippen LogP contribution in [0.1, 0.15) is 37.8 Å². The number of hydrogen-bond acceptors (Lipinski definition) is 2. The van der Waals surface area contributed by atoms with Crippen LogP contribution >= 0.6 is 0 Å². The second-order valence-electron chi connectivity index (χ2n) is 7.64. The van der Waals surface area contributed by atoms with Gasteiger partial charge < -0.3 is 10.2 Å². The summed E-state index contributed by atoms with van der Waals surface area (Å²) in [5.41, 5.74) is 2.58. The molecule has 27 heavy (non-hydrogen) atoms. The molecule has 1 N–H and O–H groups in total. The topological polar surface area (TPSA) is 49.4 Å². The molecule has 1 aliphatic rings. The number of carbonyl (C=O) groups is 2. The van der Waals surface area contributed by atoms with Crippen molar-refractivity contribution in [2.75, 3.05) is 18.0 Å². The van der Waals surface area contributed by atoms with Crippen LogP contribution in [0.5, 0.6) is 0 Å². The lowest BCUT2D eigenvalue weighted by atomic mass is 9.77. The number of benzene rings is 2. The van der Waals surface area contributed by atoms with Crippen molar-refractivity contribution in [2.45, 2.75) is 38.5 Å². The standard InChI is InChI=1S/C22H25FN2O2/c1-22(2)14-21(27)25(19-11-4-3-10-18(19)22)15-20(26)24-12-6-8-16-7-5-9-17(23)13-16/h3-5,7,9-11,13H,6,8,12,14-15H2,1-2H3,(H,24,26). The molecule has 1 aliphatic heterocycles. The molecule has 0 unspecified atom stereocenters. The predicted molar refractivity (Wildman–Crippen MR) is 104 cm³/mol. The number of nitrogens with one attached hydrogen (secondary N) is 1. The molecule has 0 spiro atoms. The van der Waals surface area contributed by atoms with E-state index in [1.807, 2.05) is 44.2 Å². The van der Waals surface area contributed by atoms with E-state index < -0.39 is 0 Å². The minimum absolute atomic E-state index is 0.0197. The van der Waals surface area contributed by atoms with Gasteiger partial charge in [-0.25, -0.2) is 4.39 Å². The number of hydrogen-bond donors (Lipinski definition) is 1. The molecule has 0 radical (unpaired) electrons. The normalized spacial score (nSPS) is 15.4. The second kappa shape index (κ2) is 7.91. The Morgan fingerprint density at radius 1 is 1.19 bits per heavy atom. The highest BCUT2D eigenvalue weighted by molar-refractivity contribution is 6.02. The van der Waals surface area contributed by atoms with E-state index in [1.54, 1.807) is 11.0 Å². The fraction of sp³-hybridized carbons (Fsp3) is 0.364. The third-order valence-corrected chi connectivity index (χ3v) is 4.97. The lowest BCUT2D eigenvalue weighted by Crippen LogP contribution is -2.46. The second-order valence-corrected chi connectivity index (χ2v) is 7.64. The molecule has 0 saturated heterocycles.